The molecule has 0 bridgehead atoms. The third kappa shape index (κ3) is 7.59. The molecule has 0 aromatic heterocycles. The minimum absolute atomic E-state index is 0.269. The van der Waals surface area contributed by atoms with E-state index in [0.717, 1.165) is 38.5 Å². The average Bonchev–Trinajstić information content (AvgIpc) is 2.45. The molecule has 2 atom stereocenters. The first-order chi connectivity index (χ1) is 10.0. The van der Waals surface area contributed by atoms with E-state index in [1.54, 1.807) is 13.8 Å². The van der Waals surface area contributed by atoms with Crippen LogP contribution < -0.4 is 0 Å². The van der Waals surface area contributed by atoms with Crippen LogP contribution in [0.5, 0.6) is 0 Å². The van der Waals surface area contributed by atoms with E-state index < -0.39 is 0 Å². The number of hydrogen-bond acceptors (Lipinski definition) is 2. The number of carbonyl (C=O) groups excluding carboxylic acids is 2. The van der Waals surface area contributed by atoms with E-state index in [1.807, 2.05) is 0 Å². The number of carbonyl (C=O) groups is 2. The fraction of sp³-hybridized carbons (Fsp3) is 0.789. The molecule has 2 nitrogen and oxygen atoms in total. The van der Waals surface area contributed by atoms with Crippen molar-refractivity contribution in [1.82, 2.24) is 0 Å². The van der Waals surface area contributed by atoms with Gasteiger partial charge in [0, 0.05) is 12.3 Å². The first-order valence-electron chi connectivity index (χ1n) is 8.72. The third-order valence-corrected chi connectivity index (χ3v) is 4.69. The molecule has 0 amide bonds. The number of ketones is 2. The largest absolute Gasteiger partial charge is 0.300 e. The topological polar surface area (TPSA) is 34.1 Å². The Kier molecular flexibility index (Phi) is 8.56. The van der Waals surface area contributed by atoms with E-state index in [1.165, 1.54) is 31.3 Å². The van der Waals surface area contributed by atoms with Gasteiger partial charge in [-0.15, -0.1) is 0 Å². The molecule has 1 rings (SSSR count). The zero-order valence-electron chi connectivity index (χ0n) is 14.1. The molecule has 0 spiro atoms. The minimum atomic E-state index is 0.269. The van der Waals surface area contributed by atoms with Crippen molar-refractivity contribution in [3.8, 4) is 0 Å². The average molecular weight is 292 g/mol. The normalized spacial score (nSPS) is 22.0. The molecule has 21 heavy (non-hydrogen) atoms. The van der Waals surface area contributed by atoms with Gasteiger partial charge in [0.1, 0.15) is 11.6 Å². The summed E-state index contributed by atoms with van der Waals surface area (Å²) in [5.41, 5.74) is 1.51. The zero-order chi connectivity index (χ0) is 15.7. The molecule has 120 valence electrons. The molecular formula is C19H32O2. The fourth-order valence-electron chi connectivity index (χ4n) is 3.27. The van der Waals surface area contributed by atoms with Crippen LogP contribution in [-0.4, -0.2) is 11.6 Å². The van der Waals surface area contributed by atoms with Crippen LogP contribution in [0.1, 0.15) is 85.0 Å². The van der Waals surface area contributed by atoms with Gasteiger partial charge >= 0.3 is 0 Å². The van der Waals surface area contributed by atoms with Crippen LogP contribution in [0, 0.1) is 11.8 Å². The summed E-state index contributed by atoms with van der Waals surface area (Å²) in [5, 5.41) is 0. The predicted octanol–water partition coefficient (Wildman–Crippen LogP) is 5.26. The summed E-state index contributed by atoms with van der Waals surface area (Å²) < 4.78 is 0. The molecule has 1 aliphatic rings. The van der Waals surface area contributed by atoms with Gasteiger partial charge in [0.05, 0.1) is 0 Å². The number of allylic oxidation sites excluding steroid dienone is 2. The van der Waals surface area contributed by atoms with Crippen LogP contribution in [0.15, 0.2) is 11.6 Å². The number of Topliss-reactive ketones (excluding diaryl/α,β-unsaturated/α-hetero) is 2. The lowest BCUT2D eigenvalue weighted by atomic mass is 9.78. The lowest BCUT2D eigenvalue weighted by Gasteiger charge is -2.26. The van der Waals surface area contributed by atoms with Crippen molar-refractivity contribution >= 4 is 11.6 Å². The Morgan fingerprint density at radius 2 is 1.76 bits per heavy atom. The van der Waals surface area contributed by atoms with Gasteiger partial charge in [-0.1, -0.05) is 37.8 Å². The predicted molar refractivity (Wildman–Crippen MR) is 88.3 cm³/mol. The van der Waals surface area contributed by atoms with Gasteiger partial charge in [0.15, 0.2) is 0 Å². The Bertz CT molecular complexity index is 368. The number of rotatable bonds is 10. The van der Waals surface area contributed by atoms with Crippen molar-refractivity contribution in [2.24, 2.45) is 11.8 Å². The molecule has 0 saturated heterocycles. The Morgan fingerprint density at radius 3 is 2.38 bits per heavy atom. The van der Waals surface area contributed by atoms with E-state index in [4.69, 9.17) is 0 Å². The highest BCUT2D eigenvalue weighted by atomic mass is 16.1. The van der Waals surface area contributed by atoms with Crippen LogP contribution in [0.3, 0.4) is 0 Å². The summed E-state index contributed by atoms with van der Waals surface area (Å²) in [4.78, 5) is 22.5. The maximum atomic E-state index is 11.7. The van der Waals surface area contributed by atoms with Gasteiger partial charge in [0.2, 0.25) is 0 Å². The molecule has 0 saturated carbocycles. The quantitative estimate of drug-likeness (QED) is 0.406. The van der Waals surface area contributed by atoms with E-state index in [2.05, 4.69) is 13.0 Å². The van der Waals surface area contributed by atoms with E-state index >= 15 is 0 Å². The summed E-state index contributed by atoms with van der Waals surface area (Å²) in [5.74, 6) is 1.55. The standard InChI is InChI=1S/C19H32O2/c1-4-17-12-18(14-19(13-17)16(3)21)11-9-7-5-6-8-10-15(2)20/h12,17,19H,4-11,13-14H2,1-3H3. The summed E-state index contributed by atoms with van der Waals surface area (Å²) in [7, 11) is 0. The van der Waals surface area contributed by atoms with E-state index in [-0.39, 0.29) is 5.92 Å². The van der Waals surface area contributed by atoms with Crippen molar-refractivity contribution < 1.29 is 9.59 Å². The van der Waals surface area contributed by atoms with Gasteiger partial charge in [-0.05, 0) is 58.3 Å². The van der Waals surface area contributed by atoms with Gasteiger partial charge in [-0.2, -0.15) is 0 Å². The second kappa shape index (κ2) is 9.92. The van der Waals surface area contributed by atoms with Crippen molar-refractivity contribution in [2.75, 3.05) is 0 Å². The van der Waals surface area contributed by atoms with Gasteiger partial charge in [-0.3, -0.25) is 4.79 Å². The summed E-state index contributed by atoms with van der Waals surface area (Å²) >= 11 is 0. The van der Waals surface area contributed by atoms with Crippen LogP contribution >= 0.6 is 0 Å². The Labute approximate surface area is 130 Å². The Hall–Kier alpha value is -0.920. The molecule has 0 radical (unpaired) electrons. The summed E-state index contributed by atoms with van der Waals surface area (Å²) in [6, 6.07) is 0. The van der Waals surface area contributed by atoms with Gasteiger partial charge < -0.3 is 4.79 Å². The minimum Gasteiger partial charge on any atom is -0.300 e. The number of hydrogen-bond donors (Lipinski definition) is 0. The van der Waals surface area contributed by atoms with E-state index in [9.17, 15) is 9.59 Å². The first kappa shape index (κ1) is 18.1. The van der Waals surface area contributed by atoms with Crippen LogP contribution in [0.25, 0.3) is 0 Å². The molecule has 1 aliphatic carbocycles. The van der Waals surface area contributed by atoms with Crippen molar-refractivity contribution in [3.63, 3.8) is 0 Å². The lowest BCUT2D eigenvalue weighted by Crippen LogP contribution is -2.20. The van der Waals surface area contributed by atoms with Crippen molar-refractivity contribution in [2.45, 2.75) is 85.0 Å². The highest BCUT2D eigenvalue weighted by Gasteiger charge is 2.24. The van der Waals surface area contributed by atoms with Crippen LogP contribution in [0.4, 0.5) is 0 Å². The summed E-state index contributed by atoms with van der Waals surface area (Å²) in [6.07, 6.45) is 13.5. The zero-order valence-corrected chi connectivity index (χ0v) is 14.1. The van der Waals surface area contributed by atoms with Crippen LogP contribution in [-0.2, 0) is 9.59 Å². The van der Waals surface area contributed by atoms with Gasteiger partial charge in [0.25, 0.3) is 0 Å². The molecule has 0 aliphatic heterocycles. The highest BCUT2D eigenvalue weighted by Crippen LogP contribution is 2.33. The van der Waals surface area contributed by atoms with Crippen molar-refractivity contribution in [3.05, 3.63) is 11.6 Å². The molecule has 0 aromatic rings. The molecular weight excluding hydrogens is 260 g/mol. The molecule has 2 unspecified atom stereocenters. The first-order valence-corrected chi connectivity index (χ1v) is 8.72. The third-order valence-electron chi connectivity index (χ3n) is 4.69. The molecule has 0 fully saturated rings. The SMILES string of the molecule is CCC1C=C(CCCCCCCC(C)=O)CC(C(C)=O)C1. The second-order valence-electron chi connectivity index (χ2n) is 6.71. The maximum absolute atomic E-state index is 11.7. The van der Waals surface area contributed by atoms with Gasteiger partial charge in [-0.25, -0.2) is 0 Å². The molecule has 2 heteroatoms. The Balaban J connectivity index is 2.22. The Morgan fingerprint density at radius 1 is 1.10 bits per heavy atom. The van der Waals surface area contributed by atoms with Crippen molar-refractivity contribution in [1.29, 1.82) is 0 Å². The summed E-state index contributed by atoms with van der Waals surface area (Å²) in [6.45, 7) is 5.64. The molecule has 0 heterocycles. The fourth-order valence-corrected chi connectivity index (χ4v) is 3.27. The monoisotopic (exact) mass is 292 g/mol. The maximum Gasteiger partial charge on any atom is 0.133 e. The highest BCUT2D eigenvalue weighted by molar-refractivity contribution is 5.78. The lowest BCUT2D eigenvalue weighted by molar-refractivity contribution is -0.121. The molecule has 0 aromatic carbocycles. The van der Waals surface area contributed by atoms with Crippen LogP contribution in [0.2, 0.25) is 0 Å². The molecule has 0 N–H and O–H groups in total. The van der Waals surface area contributed by atoms with E-state index in [0.29, 0.717) is 17.5 Å². The smallest absolute Gasteiger partial charge is 0.133 e. The second-order valence-corrected chi connectivity index (χ2v) is 6.71. The number of unbranched alkanes of at least 4 members (excludes halogenated alkanes) is 4.